The maximum atomic E-state index is 12.3. The highest BCUT2D eigenvalue weighted by Crippen LogP contribution is 2.16. The van der Waals surface area contributed by atoms with E-state index in [0.29, 0.717) is 17.0 Å². The van der Waals surface area contributed by atoms with Gasteiger partial charge >= 0.3 is 0 Å². The number of benzene rings is 2. The molecule has 1 atom stereocenters. The molecule has 2 rings (SSSR count). The molecular weight excluding hydrogens is 316 g/mol. The van der Waals surface area contributed by atoms with Crippen molar-refractivity contribution in [2.24, 2.45) is 0 Å². The van der Waals surface area contributed by atoms with Crippen LogP contribution in [0.15, 0.2) is 48.5 Å². The number of nitrogens with one attached hydrogen (secondary N) is 2. The Labute approximate surface area is 148 Å². The fourth-order valence-corrected chi connectivity index (χ4v) is 2.16. The summed E-state index contributed by atoms with van der Waals surface area (Å²) in [7, 11) is 0. The second kappa shape index (κ2) is 8.87. The summed E-state index contributed by atoms with van der Waals surface area (Å²) in [5, 5.41) is 5.64. The second-order valence-electron chi connectivity index (χ2n) is 5.98. The van der Waals surface area contributed by atoms with E-state index in [4.69, 9.17) is 4.74 Å². The highest BCUT2D eigenvalue weighted by Gasteiger charge is 2.14. The average Bonchev–Trinajstić information content (AvgIpc) is 2.61. The Morgan fingerprint density at radius 2 is 1.76 bits per heavy atom. The van der Waals surface area contributed by atoms with Crippen LogP contribution in [0.2, 0.25) is 0 Å². The van der Waals surface area contributed by atoms with Gasteiger partial charge in [0.05, 0.1) is 11.3 Å². The van der Waals surface area contributed by atoms with Crippen molar-refractivity contribution in [2.45, 2.75) is 33.2 Å². The Morgan fingerprint density at radius 1 is 1.08 bits per heavy atom. The molecule has 2 aromatic rings. The molecule has 2 aromatic carbocycles. The minimum absolute atomic E-state index is 0.0705. The molecule has 132 valence electrons. The van der Waals surface area contributed by atoms with Gasteiger partial charge in [0, 0.05) is 6.04 Å². The van der Waals surface area contributed by atoms with Crippen molar-refractivity contribution in [1.82, 2.24) is 5.32 Å². The lowest BCUT2D eigenvalue weighted by atomic mass is 10.1. The van der Waals surface area contributed by atoms with Crippen molar-refractivity contribution in [1.29, 1.82) is 0 Å². The maximum Gasteiger partial charge on any atom is 0.262 e. The van der Waals surface area contributed by atoms with Crippen LogP contribution >= 0.6 is 0 Å². The third kappa shape index (κ3) is 5.64. The van der Waals surface area contributed by atoms with Gasteiger partial charge in [-0.25, -0.2) is 0 Å². The fourth-order valence-electron chi connectivity index (χ4n) is 2.16. The van der Waals surface area contributed by atoms with Crippen molar-refractivity contribution in [3.63, 3.8) is 0 Å². The molecule has 0 spiro atoms. The molecule has 0 aliphatic rings. The topological polar surface area (TPSA) is 67.4 Å². The molecule has 2 amide bonds. The number of rotatable bonds is 7. The first kappa shape index (κ1) is 18.5. The van der Waals surface area contributed by atoms with Gasteiger partial charge in [-0.2, -0.15) is 0 Å². The summed E-state index contributed by atoms with van der Waals surface area (Å²) in [6.07, 6.45) is 0.838. The van der Waals surface area contributed by atoms with Crippen LogP contribution in [0.1, 0.15) is 36.2 Å². The van der Waals surface area contributed by atoms with Crippen LogP contribution in [0.5, 0.6) is 5.75 Å². The minimum Gasteiger partial charge on any atom is -0.484 e. The van der Waals surface area contributed by atoms with E-state index in [-0.39, 0.29) is 24.5 Å². The van der Waals surface area contributed by atoms with Crippen molar-refractivity contribution in [3.05, 3.63) is 59.7 Å². The second-order valence-corrected chi connectivity index (χ2v) is 5.98. The maximum absolute atomic E-state index is 12.3. The van der Waals surface area contributed by atoms with E-state index in [1.54, 1.807) is 24.3 Å². The highest BCUT2D eigenvalue weighted by molar-refractivity contribution is 6.04. The van der Waals surface area contributed by atoms with E-state index in [1.807, 2.05) is 45.0 Å². The molecule has 5 nitrogen and oxygen atoms in total. The molecule has 0 aliphatic heterocycles. The molecule has 0 radical (unpaired) electrons. The fraction of sp³-hybridized carbons (Fsp3) is 0.300. The van der Waals surface area contributed by atoms with Gasteiger partial charge in [0.1, 0.15) is 5.75 Å². The molecular formula is C20H24N2O3. The normalized spacial score (nSPS) is 11.5. The lowest BCUT2D eigenvalue weighted by Crippen LogP contribution is -2.33. The lowest BCUT2D eigenvalue weighted by Gasteiger charge is -2.15. The molecule has 25 heavy (non-hydrogen) atoms. The molecule has 0 saturated carbocycles. The van der Waals surface area contributed by atoms with Crippen LogP contribution in [0.4, 0.5) is 5.69 Å². The number of aryl methyl sites for hydroxylation is 1. The summed E-state index contributed by atoms with van der Waals surface area (Å²) in [6.45, 7) is 5.80. The van der Waals surface area contributed by atoms with Crippen LogP contribution in [-0.4, -0.2) is 24.5 Å². The van der Waals surface area contributed by atoms with Crippen molar-refractivity contribution in [2.75, 3.05) is 11.9 Å². The van der Waals surface area contributed by atoms with Crippen LogP contribution in [-0.2, 0) is 4.79 Å². The quantitative estimate of drug-likeness (QED) is 0.810. The summed E-state index contributed by atoms with van der Waals surface area (Å²) in [5.74, 6) is 0.109. The van der Waals surface area contributed by atoms with E-state index >= 15 is 0 Å². The molecule has 5 heteroatoms. The van der Waals surface area contributed by atoms with Crippen LogP contribution in [0.3, 0.4) is 0 Å². The third-order valence-corrected chi connectivity index (χ3v) is 3.83. The van der Waals surface area contributed by atoms with Crippen molar-refractivity contribution >= 4 is 17.5 Å². The summed E-state index contributed by atoms with van der Waals surface area (Å²) < 4.78 is 5.46. The first-order valence-electron chi connectivity index (χ1n) is 8.38. The summed E-state index contributed by atoms with van der Waals surface area (Å²) in [6, 6.07) is 14.5. The SMILES string of the molecule is CC[C@@H](C)NC(=O)c1ccccc1NC(=O)COc1ccc(C)cc1. The van der Waals surface area contributed by atoms with E-state index in [2.05, 4.69) is 10.6 Å². The molecule has 0 heterocycles. The molecule has 0 unspecified atom stereocenters. The minimum atomic E-state index is -0.315. The summed E-state index contributed by atoms with van der Waals surface area (Å²) in [5.41, 5.74) is 2.03. The molecule has 0 fully saturated rings. The van der Waals surface area contributed by atoms with Crippen molar-refractivity contribution < 1.29 is 14.3 Å². The van der Waals surface area contributed by atoms with E-state index in [0.717, 1.165) is 12.0 Å². The molecule has 2 N–H and O–H groups in total. The van der Waals surface area contributed by atoms with Gasteiger partial charge in [0.2, 0.25) is 0 Å². The van der Waals surface area contributed by atoms with E-state index < -0.39 is 0 Å². The Morgan fingerprint density at radius 3 is 2.44 bits per heavy atom. The van der Waals surface area contributed by atoms with Gasteiger partial charge in [-0.05, 0) is 44.5 Å². The first-order chi connectivity index (χ1) is 12.0. The number of hydrogen-bond acceptors (Lipinski definition) is 3. The Kier molecular flexibility index (Phi) is 6.57. The molecule has 0 aliphatic carbocycles. The van der Waals surface area contributed by atoms with Crippen LogP contribution in [0, 0.1) is 6.92 Å². The number of carbonyl (C=O) groups excluding carboxylic acids is 2. The Hall–Kier alpha value is -2.82. The van der Waals surface area contributed by atoms with Gasteiger partial charge in [0.15, 0.2) is 6.61 Å². The number of carbonyl (C=O) groups is 2. The number of amides is 2. The van der Waals surface area contributed by atoms with Crippen LogP contribution in [0.25, 0.3) is 0 Å². The van der Waals surface area contributed by atoms with Gasteiger partial charge in [-0.3, -0.25) is 9.59 Å². The zero-order valence-corrected chi connectivity index (χ0v) is 14.8. The summed E-state index contributed by atoms with van der Waals surface area (Å²) >= 11 is 0. The number of hydrogen-bond donors (Lipinski definition) is 2. The van der Waals surface area contributed by atoms with Gasteiger partial charge < -0.3 is 15.4 Å². The molecule has 0 bridgehead atoms. The molecule has 0 saturated heterocycles. The lowest BCUT2D eigenvalue weighted by molar-refractivity contribution is -0.118. The number of ether oxygens (including phenoxy) is 1. The first-order valence-corrected chi connectivity index (χ1v) is 8.38. The Bertz CT molecular complexity index is 726. The Balaban J connectivity index is 1.98. The number of para-hydroxylation sites is 1. The van der Waals surface area contributed by atoms with Gasteiger partial charge in [0.25, 0.3) is 11.8 Å². The zero-order valence-electron chi connectivity index (χ0n) is 14.8. The van der Waals surface area contributed by atoms with Crippen molar-refractivity contribution in [3.8, 4) is 5.75 Å². The van der Waals surface area contributed by atoms with E-state index in [9.17, 15) is 9.59 Å². The molecule has 0 aromatic heterocycles. The predicted octanol–water partition coefficient (Wildman–Crippen LogP) is 3.54. The van der Waals surface area contributed by atoms with Gasteiger partial charge in [-0.15, -0.1) is 0 Å². The predicted molar refractivity (Wildman–Crippen MR) is 99.0 cm³/mol. The third-order valence-electron chi connectivity index (χ3n) is 3.83. The van der Waals surface area contributed by atoms with Gasteiger partial charge in [-0.1, -0.05) is 36.8 Å². The monoisotopic (exact) mass is 340 g/mol. The zero-order chi connectivity index (χ0) is 18.2. The standard InChI is InChI=1S/C20H24N2O3/c1-4-15(3)21-20(24)17-7-5-6-8-18(17)22-19(23)13-25-16-11-9-14(2)10-12-16/h5-12,15H,4,13H2,1-3H3,(H,21,24)(H,22,23)/t15-/m1/s1. The average molecular weight is 340 g/mol. The smallest absolute Gasteiger partial charge is 0.262 e. The van der Waals surface area contributed by atoms with Crippen LogP contribution < -0.4 is 15.4 Å². The van der Waals surface area contributed by atoms with E-state index in [1.165, 1.54) is 0 Å². The summed E-state index contributed by atoms with van der Waals surface area (Å²) in [4.78, 5) is 24.5. The highest BCUT2D eigenvalue weighted by atomic mass is 16.5. The largest absolute Gasteiger partial charge is 0.484 e. The number of anilines is 1.